The number of aliphatic carboxylic acids is 1. The monoisotopic (exact) mass is 347 g/mol. The van der Waals surface area contributed by atoms with E-state index < -0.39 is 37.1 Å². The topological polar surface area (TPSA) is 75.6 Å². The summed E-state index contributed by atoms with van der Waals surface area (Å²) < 4.78 is 42.3. The molecule has 0 aliphatic rings. The maximum atomic E-state index is 12.3. The highest BCUT2D eigenvalue weighted by molar-refractivity contribution is 5.84. The third-order valence-corrected chi connectivity index (χ3v) is 3.22. The minimum absolute atomic E-state index is 0.126. The van der Waals surface area contributed by atoms with Crippen molar-refractivity contribution >= 4 is 11.9 Å². The molecule has 0 saturated carbocycles. The summed E-state index contributed by atoms with van der Waals surface area (Å²) in [6.45, 7) is 5.13. The molecule has 1 amide bonds. The van der Waals surface area contributed by atoms with Gasteiger partial charge in [0.1, 0.15) is 11.8 Å². The number of alkyl halides is 3. The summed E-state index contributed by atoms with van der Waals surface area (Å²) in [5, 5.41) is 10.6. The molecule has 2 N–H and O–H groups in total. The summed E-state index contributed by atoms with van der Waals surface area (Å²) in [4.78, 5) is 22.5. The molecule has 24 heavy (non-hydrogen) atoms. The van der Waals surface area contributed by atoms with Crippen molar-refractivity contribution < 1.29 is 32.6 Å². The SMILES string of the molecule is Cc1ccc(C(C)C)c(OCC(=O)NC(CC(F)(F)F)C(=O)O)c1. The van der Waals surface area contributed by atoms with E-state index in [1.807, 2.05) is 38.2 Å². The molecular formula is C16H20F3NO4. The van der Waals surface area contributed by atoms with Crippen LogP contribution in [0.1, 0.15) is 37.3 Å². The second kappa shape index (κ2) is 8.03. The number of hydrogen-bond acceptors (Lipinski definition) is 3. The zero-order valence-electron chi connectivity index (χ0n) is 13.6. The van der Waals surface area contributed by atoms with Gasteiger partial charge in [-0.25, -0.2) is 4.79 Å². The van der Waals surface area contributed by atoms with E-state index in [9.17, 15) is 22.8 Å². The van der Waals surface area contributed by atoms with Crippen molar-refractivity contribution in [2.75, 3.05) is 6.61 Å². The van der Waals surface area contributed by atoms with Crippen molar-refractivity contribution in [1.82, 2.24) is 5.32 Å². The Balaban J connectivity index is 2.72. The van der Waals surface area contributed by atoms with E-state index in [-0.39, 0.29) is 5.92 Å². The van der Waals surface area contributed by atoms with Gasteiger partial charge in [0.05, 0.1) is 6.42 Å². The van der Waals surface area contributed by atoms with E-state index in [0.717, 1.165) is 11.1 Å². The molecule has 0 aliphatic heterocycles. The predicted molar refractivity (Wildman–Crippen MR) is 81.0 cm³/mol. The van der Waals surface area contributed by atoms with Crippen LogP contribution in [0.3, 0.4) is 0 Å². The highest BCUT2D eigenvalue weighted by atomic mass is 19.4. The van der Waals surface area contributed by atoms with E-state index in [4.69, 9.17) is 9.84 Å². The van der Waals surface area contributed by atoms with E-state index in [0.29, 0.717) is 5.75 Å². The predicted octanol–water partition coefficient (Wildman–Crippen LogP) is 3.02. The summed E-state index contributed by atoms with van der Waals surface area (Å²) >= 11 is 0. The van der Waals surface area contributed by atoms with Crippen molar-refractivity contribution in [3.8, 4) is 5.75 Å². The van der Waals surface area contributed by atoms with Crippen LogP contribution < -0.4 is 10.1 Å². The lowest BCUT2D eigenvalue weighted by Crippen LogP contribution is -2.45. The zero-order valence-corrected chi connectivity index (χ0v) is 13.6. The van der Waals surface area contributed by atoms with Gasteiger partial charge in [0, 0.05) is 0 Å². The molecule has 1 rings (SSSR count). The van der Waals surface area contributed by atoms with E-state index >= 15 is 0 Å². The molecule has 5 nitrogen and oxygen atoms in total. The summed E-state index contributed by atoms with van der Waals surface area (Å²) in [7, 11) is 0. The molecule has 134 valence electrons. The number of ether oxygens (including phenoxy) is 1. The van der Waals surface area contributed by atoms with Crippen LogP contribution in [0.4, 0.5) is 13.2 Å². The third-order valence-electron chi connectivity index (χ3n) is 3.22. The Morgan fingerprint density at radius 3 is 2.42 bits per heavy atom. The second-order valence-corrected chi connectivity index (χ2v) is 5.76. The van der Waals surface area contributed by atoms with Gasteiger partial charge in [-0.05, 0) is 30.0 Å². The summed E-state index contributed by atoms with van der Waals surface area (Å²) in [6, 6.07) is 3.40. The molecule has 0 bridgehead atoms. The fourth-order valence-corrected chi connectivity index (χ4v) is 2.05. The number of carboxylic acid groups (broad SMARTS) is 1. The van der Waals surface area contributed by atoms with Gasteiger partial charge in [-0.15, -0.1) is 0 Å². The maximum absolute atomic E-state index is 12.3. The molecular weight excluding hydrogens is 327 g/mol. The van der Waals surface area contributed by atoms with Gasteiger partial charge < -0.3 is 15.2 Å². The maximum Gasteiger partial charge on any atom is 0.391 e. The van der Waals surface area contributed by atoms with Crippen LogP contribution in [0.5, 0.6) is 5.75 Å². The molecule has 0 saturated heterocycles. The minimum Gasteiger partial charge on any atom is -0.483 e. The molecule has 0 heterocycles. The number of hydrogen-bond donors (Lipinski definition) is 2. The van der Waals surface area contributed by atoms with Gasteiger partial charge in [0.2, 0.25) is 0 Å². The van der Waals surface area contributed by atoms with Crippen molar-refractivity contribution in [2.45, 2.75) is 45.3 Å². The number of carbonyl (C=O) groups is 2. The van der Waals surface area contributed by atoms with Gasteiger partial charge in [-0.3, -0.25) is 4.79 Å². The van der Waals surface area contributed by atoms with Crippen molar-refractivity contribution in [2.24, 2.45) is 0 Å². The van der Waals surface area contributed by atoms with Gasteiger partial charge in [0.25, 0.3) is 5.91 Å². The Morgan fingerprint density at radius 2 is 1.92 bits per heavy atom. The first-order valence-corrected chi connectivity index (χ1v) is 7.32. The van der Waals surface area contributed by atoms with Crippen LogP contribution in [0.2, 0.25) is 0 Å². The molecule has 1 aromatic carbocycles. The third kappa shape index (κ3) is 6.47. The Morgan fingerprint density at radius 1 is 1.29 bits per heavy atom. The smallest absolute Gasteiger partial charge is 0.391 e. The fraction of sp³-hybridized carbons (Fsp3) is 0.500. The average molecular weight is 347 g/mol. The van der Waals surface area contributed by atoms with E-state index in [1.54, 1.807) is 6.07 Å². The quantitative estimate of drug-likeness (QED) is 0.795. The number of amides is 1. The Labute approximate surface area is 137 Å². The summed E-state index contributed by atoms with van der Waals surface area (Å²) in [5.41, 5.74) is 1.74. The first kappa shape index (κ1) is 19.8. The zero-order chi connectivity index (χ0) is 18.5. The number of aryl methyl sites for hydroxylation is 1. The van der Waals surface area contributed by atoms with Crippen LogP contribution in [0, 0.1) is 6.92 Å². The molecule has 8 heteroatoms. The van der Waals surface area contributed by atoms with Gasteiger partial charge >= 0.3 is 12.1 Å². The summed E-state index contributed by atoms with van der Waals surface area (Å²) in [6.07, 6.45) is -6.34. The van der Waals surface area contributed by atoms with Crippen LogP contribution in [0.15, 0.2) is 18.2 Å². The Hall–Kier alpha value is -2.25. The first-order valence-electron chi connectivity index (χ1n) is 7.32. The highest BCUT2D eigenvalue weighted by Gasteiger charge is 2.36. The van der Waals surface area contributed by atoms with Crippen molar-refractivity contribution in [1.29, 1.82) is 0 Å². The van der Waals surface area contributed by atoms with Gasteiger partial charge in [-0.2, -0.15) is 13.2 Å². The van der Waals surface area contributed by atoms with E-state index in [1.165, 1.54) is 0 Å². The Kier molecular flexibility index (Phi) is 6.62. The molecule has 0 fully saturated rings. The second-order valence-electron chi connectivity index (χ2n) is 5.76. The standard InChI is InChI=1S/C16H20F3NO4/c1-9(2)11-5-4-10(3)6-13(11)24-8-14(21)20-12(15(22)23)7-16(17,18)19/h4-6,9,12H,7-8H2,1-3H3,(H,20,21)(H,22,23). The van der Waals surface area contributed by atoms with Crippen molar-refractivity contribution in [3.63, 3.8) is 0 Å². The molecule has 0 aliphatic carbocycles. The molecule has 0 spiro atoms. The lowest BCUT2D eigenvalue weighted by molar-refractivity contribution is -0.160. The number of carboxylic acids is 1. The number of rotatable bonds is 7. The Bertz CT molecular complexity index is 599. The van der Waals surface area contributed by atoms with Gasteiger partial charge in [-0.1, -0.05) is 26.0 Å². The number of carbonyl (C=O) groups excluding carboxylic acids is 1. The van der Waals surface area contributed by atoms with Gasteiger partial charge in [0.15, 0.2) is 6.61 Å². The summed E-state index contributed by atoms with van der Waals surface area (Å²) in [5.74, 6) is -2.11. The molecule has 1 atom stereocenters. The number of benzene rings is 1. The molecule has 0 aromatic heterocycles. The van der Waals surface area contributed by atoms with Crippen molar-refractivity contribution in [3.05, 3.63) is 29.3 Å². The molecule has 1 unspecified atom stereocenters. The molecule has 1 aromatic rings. The van der Waals surface area contributed by atoms with Crippen LogP contribution >= 0.6 is 0 Å². The lowest BCUT2D eigenvalue weighted by Gasteiger charge is -2.18. The highest BCUT2D eigenvalue weighted by Crippen LogP contribution is 2.27. The normalized spacial score (nSPS) is 12.8. The first-order chi connectivity index (χ1) is 11.0. The number of halogens is 3. The van der Waals surface area contributed by atoms with Crippen LogP contribution in [-0.2, 0) is 9.59 Å². The largest absolute Gasteiger partial charge is 0.483 e. The van der Waals surface area contributed by atoms with Crippen LogP contribution in [-0.4, -0.2) is 35.8 Å². The van der Waals surface area contributed by atoms with E-state index in [2.05, 4.69) is 0 Å². The molecule has 0 radical (unpaired) electrons. The minimum atomic E-state index is -4.70. The van der Waals surface area contributed by atoms with Crippen LogP contribution in [0.25, 0.3) is 0 Å². The number of nitrogens with one attached hydrogen (secondary N) is 1. The fourth-order valence-electron chi connectivity index (χ4n) is 2.05. The lowest BCUT2D eigenvalue weighted by atomic mass is 10.0. The average Bonchev–Trinajstić information content (AvgIpc) is 2.42.